The molecule has 1 fully saturated rings. The van der Waals surface area contributed by atoms with Crippen molar-refractivity contribution in [3.63, 3.8) is 0 Å². The molecular weight excluding hydrogens is 263 g/mol. The zero-order valence-corrected chi connectivity index (χ0v) is 13.4. The summed E-state index contributed by atoms with van der Waals surface area (Å²) in [5.74, 6) is 0.698. The van der Waals surface area contributed by atoms with Gasteiger partial charge < -0.3 is 5.73 Å². The van der Waals surface area contributed by atoms with Crippen LogP contribution in [0.2, 0.25) is 0 Å². The van der Waals surface area contributed by atoms with Crippen LogP contribution in [0.15, 0.2) is 24.3 Å². The standard InChI is InChI=1S/C18H29FN2/c1-3-7-15-8-6-12-21(13-11-15)18(14(2)20)16-9-4-5-10-17(16)19/h4-5,9-10,14-15,18H,3,6-8,11-13,20H2,1-2H3. The van der Waals surface area contributed by atoms with E-state index in [1.807, 2.05) is 19.1 Å². The average Bonchev–Trinajstić information content (AvgIpc) is 2.67. The molecule has 1 aliphatic heterocycles. The average molecular weight is 292 g/mol. The minimum Gasteiger partial charge on any atom is -0.326 e. The van der Waals surface area contributed by atoms with E-state index >= 15 is 0 Å². The van der Waals surface area contributed by atoms with E-state index in [9.17, 15) is 4.39 Å². The van der Waals surface area contributed by atoms with Gasteiger partial charge in [-0.1, -0.05) is 38.0 Å². The van der Waals surface area contributed by atoms with E-state index in [4.69, 9.17) is 5.73 Å². The lowest BCUT2D eigenvalue weighted by molar-refractivity contribution is 0.177. The van der Waals surface area contributed by atoms with E-state index in [1.165, 1.54) is 32.1 Å². The SMILES string of the molecule is CCCC1CCCN(C(c2ccccc2F)C(C)N)CC1. The third kappa shape index (κ3) is 4.27. The van der Waals surface area contributed by atoms with Crippen molar-refractivity contribution in [1.82, 2.24) is 4.90 Å². The predicted molar refractivity (Wildman–Crippen MR) is 86.6 cm³/mol. The van der Waals surface area contributed by atoms with Crippen LogP contribution in [0.4, 0.5) is 4.39 Å². The van der Waals surface area contributed by atoms with Crippen LogP contribution >= 0.6 is 0 Å². The molecule has 1 aromatic rings. The molecule has 3 unspecified atom stereocenters. The Kier molecular flexibility index (Phi) is 6.19. The number of nitrogens with two attached hydrogens (primary N) is 1. The summed E-state index contributed by atoms with van der Waals surface area (Å²) in [6.07, 6.45) is 6.28. The summed E-state index contributed by atoms with van der Waals surface area (Å²) in [6.45, 7) is 6.31. The summed E-state index contributed by atoms with van der Waals surface area (Å²) < 4.78 is 14.2. The second-order valence-electron chi connectivity index (χ2n) is 6.45. The van der Waals surface area contributed by atoms with Crippen molar-refractivity contribution in [2.24, 2.45) is 11.7 Å². The van der Waals surface area contributed by atoms with Crippen molar-refractivity contribution < 1.29 is 4.39 Å². The molecule has 2 nitrogen and oxygen atoms in total. The Morgan fingerprint density at radius 3 is 2.71 bits per heavy atom. The number of benzene rings is 1. The molecule has 1 saturated heterocycles. The Morgan fingerprint density at radius 2 is 2.05 bits per heavy atom. The number of hydrogen-bond acceptors (Lipinski definition) is 2. The molecule has 0 radical (unpaired) electrons. The number of likely N-dealkylation sites (tertiary alicyclic amines) is 1. The van der Waals surface area contributed by atoms with Gasteiger partial charge in [-0.05, 0) is 51.3 Å². The van der Waals surface area contributed by atoms with E-state index in [-0.39, 0.29) is 17.9 Å². The highest BCUT2D eigenvalue weighted by molar-refractivity contribution is 5.22. The smallest absolute Gasteiger partial charge is 0.128 e. The van der Waals surface area contributed by atoms with Crippen molar-refractivity contribution in [3.05, 3.63) is 35.6 Å². The fourth-order valence-corrected chi connectivity index (χ4v) is 3.69. The fraction of sp³-hybridized carbons (Fsp3) is 0.667. The lowest BCUT2D eigenvalue weighted by Gasteiger charge is -2.34. The van der Waals surface area contributed by atoms with Gasteiger partial charge in [0.25, 0.3) is 0 Å². The summed E-state index contributed by atoms with van der Waals surface area (Å²) in [4.78, 5) is 2.40. The Hall–Kier alpha value is -0.930. The van der Waals surface area contributed by atoms with Crippen LogP contribution in [0.1, 0.15) is 57.6 Å². The zero-order valence-electron chi connectivity index (χ0n) is 13.4. The van der Waals surface area contributed by atoms with Crippen LogP contribution in [0.5, 0.6) is 0 Å². The van der Waals surface area contributed by atoms with E-state index < -0.39 is 0 Å². The maximum absolute atomic E-state index is 14.2. The first-order valence-electron chi connectivity index (χ1n) is 8.37. The van der Waals surface area contributed by atoms with E-state index in [0.29, 0.717) is 0 Å². The Bertz CT molecular complexity index is 433. The first kappa shape index (κ1) is 16.4. The maximum atomic E-state index is 14.2. The predicted octanol–water partition coefficient (Wildman–Crippen LogP) is 4.12. The summed E-state index contributed by atoms with van der Waals surface area (Å²) in [6, 6.07) is 7.01. The third-order valence-electron chi connectivity index (χ3n) is 4.69. The molecule has 1 aliphatic rings. The van der Waals surface area contributed by atoms with Gasteiger partial charge in [0.1, 0.15) is 5.82 Å². The molecule has 0 bridgehead atoms. The molecule has 3 atom stereocenters. The largest absolute Gasteiger partial charge is 0.326 e. The molecule has 0 aliphatic carbocycles. The van der Waals surface area contributed by atoms with Crippen LogP contribution in [-0.2, 0) is 0 Å². The van der Waals surface area contributed by atoms with Crippen molar-refractivity contribution in [1.29, 1.82) is 0 Å². The Labute approximate surface area is 128 Å². The molecule has 0 amide bonds. The summed E-state index contributed by atoms with van der Waals surface area (Å²) in [5, 5.41) is 0. The van der Waals surface area contributed by atoms with Crippen LogP contribution < -0.4 is 5.73 Å². The highest BCUT2D eigenvalue weighted by atomic mass is 19.1. The van der Waals surface area contributed by atoms with Gasteiger partial charge in [-0.3, -0.25) is 4.90 Å². The number of rotatable bonds is 5. The molecule has 1 aromatic carbocycles. The molecule has 0 aromatic heterocycles. The number of halogens is 1. The lowest BCUT2D eigenvalue weighted by Crippen LogP contribution is -2.40. The third-order valence-corrected chi connectivity index (χ3v) is 4.69. The first-order chi connectivity index (χ1) is 10.1. The second kappa shape index (κ2) is 7.90. The highest BCUT2D eigenvalue weighted by Crippen LogP contribution is 2.30. The fourth-order valence-electron chi connectivity index (χ4n) is 3.69. The summed E-state index contributed by atoms with van der Waals surface area (Å²) >= 11 is 0. The maximum Gasteiger partial charge on any atom is 0.128 e. The van der Waals surface area contributed by atoms with Gasteiger partial charge in [0.15, 0.2) is 0 Å². The van der Waals surface area contributed by atoms with Gasteiger partial charge in [0.2, 0.25) is 0 Å². The van der Waals surface area contributed by atoms with E-state index in [2.05, 4.69) is 11.8 Å². The van der Waals surface area contributed by atoms with Crippen molar-refractivity contribution in [3.8, 4) is 0 Å². The molecule has 0 saturated carbocycles. The normalized spacial score (nSPS) is 23.5. The second-order valence-corrected chi connectivity index (χ2v) is 6.45. The molecule has 21 heavy (non-hydrogen) atoms. The topological polar surface area (TPSA) is 29.3 Å². The van der Waals surface area contributed by atoms with Gasteiger partial charge >= 0.3 is 0 Å². The molecule has 0 spiro atoms. The van der Waals surface area contributed by atoms with Crippen LogP contribution in [0.3, 0.4) is 0 Å². The van der Waals surface area contributed by atoms with Gasteiger partial charge in [-0.15, -0.1) is 0 Å². The number of nitrogens with zero attached hydrogens (tertiary/aromatic N) is 1. The minimum absolute atomic E-state index is 0.00780. The molecule has 2 rings (SSSR count). The zero-order chi connectivity index (χ0) is 15.2. The lowest BCUT2D eigenvalue weighted by atomic mass is 9.95. The van der Waals surface area contributed by atoms with Crippen LogP contribution in [-0.4, -0.2) is 24.0 Å². The summed E-state index contributed by atoms with van der Waals surface area (Å²) in [5.41, 5.74) is 6.96. The molecule has 1 heterocycles. The van der Waals surface area contributed by atoms with Crippen molar-refractivity contribution >= 4 is 0 Å². The van der Waals surface area contributed by atoms with Gasteiger partial charge in [0, 0.05) is 11.6 Å². The van der Waals surface area contributed by atoms with Crippen molar-refractivity contribution in [2.75, 3.05) is 13.1 Å². The van der Waals surface area contributed by atoms with E-state index in [0.717, 1.165) is 24.6 Å². The summed E-state index contributed by atoms with van der Waals surface area (Å²) in [7, 11) is 0. The first-order valence-corrected chi connectivity index (χ1v) is 8.37. The Morgan fingerprint density at radius 1 is 1.29 bits per heavy atom. The minimum atomic E-state index is -0.130. The molecule has 2 N–H and O–H groups in total. The monoisotopic (exact) mass is 292 g/mol. The van der Waals surface area contributed by atoms with Gasteiger partial charge in [-0.25, -0.2) is 4.39 Å². The van der Waals surface area contributed by atoms with Gasteiger partial charge in [0.05, 0.1) is 6.04 Å². The Balaban J connectivity index is 2.14. The van der Waals surface area contributed by atoms with Gasteiger partial charge in [-0.2, -0.15) is 0 Å². The molecular formula is C18H29FN2. The number of hydrogen-bond donors (Lipinski definition) is 1. The van der Waals surface area contributed by atoms with Crippen molar-refractivity contribution in [2.45, 2.75) is 58.0 Å². The highest BCUT2D eigenvalue weighted by Gasteiger charge is 2.28. The molecule has 118 valence electrons. The van der Waals surface area contributed by atoms with E-state index in [1.54, 1.807) is 12.1 Å². The van der Waals surface area contributed by atoms with Crippen LogP contribution in [0.25, 0.3) is 0 Å². The molecule has 3 heteroatoms. The quantitative estimate of drug-likeness (QED) is 0.884. The van der Waals surface area contributed by atoms with Crippen LogP contribution in [0, 0.1) is 11.7 Å².